The van der Waals surface area contributed by atoms with Gasteiger partial charge in [-0.05, 0) is 51.9 Å². The first-order valence-corrected chi connectivity index (χ1v) is 7.27. The third-order valence-electron chi connectivity index (χ3n) is 4.77. The van der Waals surface area contributed by atoms with Crippen LogP contribution in [0.15, 0.2) is 0 Å². The van der Waals surface area contributed by atoms with E-state index >= 15 is 0 Å². The van der Waals surface area contributed by atoms with Crippen LogP contribution >= 0.6 is 0 Å². The predicted octanol–water partition coefficient (Wildman–Crippen LogP) is 3.16. The average molecular weight is 253 g/mol. The Labute approximate surface area is 110 Å². The van der Waals surface area contributed by atoms with Gasteiger partial charge in [0.15, 0.2) is 0 Å². The van der Waals surface area contributed by atoms with Crippen LogP contribution in [0.4, 0.5) is 0 Å². The highest BCUT2D eigenvalue weighted by molar-refractivity contribution is 5.71. The summed E-state index contributed by atoms with van der Waals surface area (Å²) < 4.78 is 5.45. The van der Waals surface area contributed by atoms with Crippen LogP contribution in [-0.4, -0.2) is 17.1 Å². The zero-order valence-electron chi connectivity index (χ0n) is 12.1. The molecule has 0 saturated heterocycles. The normalized spacial score (nSPS) is 30.9. The smallest absolute Gasteiger partial charge is 0.308 e. The molecule has 104 valence electrons. The fourth-order valence-electron chi connectivity index (χ4n) is 3.97. The molecule has 2 aliphatic rings. The molecule has 0 aromatic carbocycles. The minimum Gasteiger partial charge on any atom is -0.460 e. The summed E-state index contributed by atoms with van der Waals surface area (Å²) in [5, 5.41) is 0. The standard InChI is InChI=1S/C15H27NO2/c1-13(2,3)18-12(17)11-15(16)10-6-9-14(15)7-4-5-8-14/h4-11,16H2,1-3H3. The molecule has 1 atom stereocenters. The van der Waals surface area contributed by atoms with Crippen molar-refractivity contribution < 1.29 is 9.53 Å². The quantitative estimate of drug-likeness (QED) is 0.769. The average Bonchev–Trinajstić information content (AvgIpc) is 2.74. The first-order valence-electron chi connectivity index (χ1n) is 7.27. The lowest BCUT2D eigenvalue weighted by atomic mass is 9.69. The van der Waals surface area contributed by atoms with Gasteiger partial charge in [0.1, 0.15) is 5.60 Å². The maximum absolute atomic E-state index is 12.1. The minimum atomic E-state index is -0.408. The van der Waals surface area contributed by atoms with Crippen molar-refractivity contribution in [3.63, 3.8) is 0 Å². The predicted molar refractivity (Wildman–Crippen MR) is 72.1 cm³/mol. The highest BCUT2D eigenvalue weighted by Crippen LogP contribution is 2.56. The fourth-order valence-corrected chi connectivity index (χ4v) is 3.97. The van der Waals surface area contributed by atoms with Crippen molar-refractivity contribution in [2.24, 2.45) is 11.1 Å². The topological polar surface area (TPSA) is 52.3 Å². The van der Waals surface area contributed by atoms with Gasteiger partial charge in [0, 0.05) is 5.54 Å². The first kappa shape index (κ1) is 13.9. The summed E-state index contributed by atoms with van der Waals surface area (Å²) in [7, 11) is 0. The SMILES string of the molecule is CC(C)(C)OC(=O)CC1(N)CCCC12CCCC2. The number of carbonyl (C=O) groups excluding carboxylic acids is 1. The number of hydrogen-bond donors (Lipinski definition) is 1. The maximum atomic E-state index is 12.1. The lowest BCUT2D eigenvalue weighted by molar-refractivity contribution is -0.157. The molecule has 0 aromatic heterocycles. The van der Waals surface area contributed by atoms with Crippen LogP contribution in [0.2, 0.25) is 0 Å². The molecule has 2 N–H and O–H groups in total. The van der Waals surface area contributed by atoms with Crippen LogP contribution in [0, 0.1) is 5.41 Å². The molecule has 0 heterocycles. The van der Waals surface area contributed by atoms with Gasteiger partial charge < -0.3 is 10.5 Å². The van der Waals surface area contributed by atoms with E-state index in [1.54, 1.807) is 0 Å². The highest BCUT2D eigenvalue weighted by Gasteiger charge is 2.54. The summed E-state index contributed by atoms with van der Waals surface area (Å²) in [6, 6.07) is 0. The van der Waals surface area contributed by atoms with E-state index in [0.717, 1.165) is 6.42 Å². The Kier molecular flexibility index (Phi) is 3.48. The Morgan fingerprint density at radius 3 is 2.22 bits per heavy atom. The molecule has 2 rings (SSSR count). The van der Waals surface area contributed by atoms with Crippen molar-refractivity contribution in [3.05, 3.63) is 0 Å². The van der Waals surface area contributed by atoms with Gasteiger partial charge in [0.2, 0.25) is 0 Å². The number of hydrogen-bond acceptors (Lipinski definition) is 3. The number of ether oxygens (including phenoxy) is 1. The van der Waals surface area contributed by atoms with Gasteiger partial charge in [0.25, 0.3) is 0 Å². The third-order valence-corrected chi connectivity index (χ3v) is 4.77. The molecule has 2 saturated carbocycles. The molecule has 1 unspecified atom stereocenters. The second-order valence-corrected chi connectivity index (χ2v) is 7.26. The summed E-state index contributed by atoms with van der Waals surface area (Å²) in [5.41, 5.74) is 6.12. The van der Waals surface area contributed by atoms with E-state index < -0.39 is 5.60 Å². The molecule has 0 radical (unpaired) electrons. The Morgan fingerprint density at radius 2 is 1.67 bits per heavy atom. The van der Waals surface area contributed by atoms with E-state index in [0.29, 0.717) is 6.42 Å². The van der Waals surface area contributed by atoms with E-state index in [4.69, 9.17) is 10.5 Å². The lowest BCUT2D eigenvalue weighted by Crippen LogP contribution is -2.52. The molecule has 3 nitrogen and oxygen atoms in total. The molecular formula is C15H27NO2. The minimum absolute atomic E-state index is 0.127. The zero-order valence-corrected chi connectivity index (χ0v) is 12.1. The van der Waals surface area contributed by atoms with Crippen LogP contribution in [0.25, 0.3) is 0 Å². The van der Waals surface area contributed by atoms with Crippen molar-refractivity contribution >= 4 is 5.97 Å². The summed E-state index contributed by atoms with van der Waals surface area (Å²) >= 11 is 0. The van der Waals surface area contributed by atoms with Crippen LogP contribution in [0.1, 0.15) is 72.1 Å². The molecule has 2 fully saturated rings. The van der Waals surface area contributed by atoms with Gasteiger partial charge in [-0.15, -0.1) is 0 Å². The van der Waals surface area contributed by atoms with Crippen LogP contribution in [0.3, 0.4) is 0 Å². The molecule has 0 bridgehead atoms. The summed E-state index contributed by atoms with van der Waals surface area (Å²) in [4.78, 5) is 12.1. The van der Waals surface area contributed by atoms with Crippen LogP contribution in [-0.2, 0) is 9.53 Å². The van der Waals surface area contributed by atoms with Crippen molar-refractivity contribution in [2.75, 3.05) is 0 Å². The van der Waals surface area contributed by atoms with Crippen molar-refractivity contribution in [2.45, 2.75) is 83.3 Å². The molecule has 2 aliphatic carbocycles. The van der Waals surface area contributed by atoms with Crippen molar-refractivity contribution in [1.29, 1.82) is 0 Å². The van der Waals surface area contributed by atoms with Gasteiger partial charge in [-0.1, -0.05) is 19.3 Å². The summed E-state index contributed by atoms with van der Waals surface area (Å²) in [5.74, 6) is -0.127. The lowest BCUT2D eigenvalue weighted by Gasteiger charge is -2.41. The number of carbonyl (C=O) groups is 1. The van der Waals surface area contributed by atoms with Crippen molar-refractivity contribution in [3.8, 4) is 0 Å². The summed E-state index contributed by atoms with van der Waals surface area (Å²) in [6.07, 6.45) is 8.68. The fraction of sp³-hybridized carbons (Fsp3) is 0.933. The van der Waals surface area contributed by atoms with E-state index in [2.05, 4.69) is 0 Å². The van der Waals surface area contributed by atoms with Gasteiger partial charge in [-0.25, -0.2) is 0 Å². The molecule has 3 heteroatoms. The van der Waals surface area contributed by atoms with Gasteiger partial charge in [-0.2, -0.15) is 0 Å². The maximum Gasteiger partial charge on any atom is 0.308 e. The number of nitrogens with two attached hydrogens (primary N) is 1. The molecular weight excluding hydrogens is 226 g/mol. The second kappa shape index (κ2) is 4.52. The molecule has 0 amide bonds. The van der Waals surface area contributed by atoms with Gasteiger partial charge >= 0.3 is 5.97 Å². The van der Waals surface area contributed by atoms with Crippen LogP contribution < -0.4 is 5.73 Å². The largest absolute Gasteiger partial charge is 0.460 e. The Hall–Kier alpha value is -0.570. The van der Waals surface area contributed by atoms with Gasteiger partial charge in [0.05, 0.1) is 6.42 Å². The Bertz CT molecular complexity index is 320. The van der Waals surface area contributed by atoms with Crippen LogP contribution in [0.5, 0.6) is 0 Å². The van der Waals surface area contributed by atoms with E-state index in [1.807, 2.05) is 20.8 Å². The number of esters is 1. The Balaban J connectivity index is 2.05. The van der Waals surface area contributed by atoms with Gasteiger partial charge in [-0.3, -0.25) is 4.79 Å². The highest BCUT2D eigenvalue weighted by atomic mass is 16.6. The van der Waals surface area contributed by atoms with E-state index in [-0.39, 0.29) is 16.9 Å². The monoisotopic (exact) mass is 253 g/mol. The molecule has 0 aliphatic heterocycles. The first-order chi connectivity index (χ1) is 8.27. The third kappa shape index (κ3) is 2.56. The van der Waals surface area contributed by atoms with Crippen molar-refractivity contribution in [1.82, 2.24) is 0 Å². The van der Waals surface area contributed by atoms with E-state index in [1.165, 1.54) is 38.5 Å². The summed E-state index contributed by atoms with van der Waals surface area (Å²) in [6.45, 7) is 5.73. The molecule has 0 aromatic rings. The molecule has 1 spiro atoms. The second-order valence-electron chi connectivity index (χ2n) is 7.26. The number of rotatable bonds is 2. The van der Waals surface area contributed by atoms with E-state index in [9.17, 15) is 4.79 Å². The molecule has 18 heavy (non-hydrogen) atoms. The zero-order chi connectivity index (χ0) is 13.4. The Morgan fingerprint density at radius 1 is 1.11 bits per heavy atom.